The van der Waals surface area contributed by atoms with Crippen molar-refractivity contribution in [1.29, 1.82) is 0 Å². The van der Waals surface area contributed by atoms with Gasteiger partial charge in [-0.2, -0.15) is 0 Å². The van der Waals surface area contributed by atoms with Gasteiger partial charge in [-0.05, 0) is 41.8 Å². The van der Waals surface area contributed by atoms with E-state index in [1.54, 1.807) is 32.4 Å². The molecule has 26 heavy (non-hydrogen) atoms. The number of halogens is 1. The van der Waals surface area contributed by atoms with Gasteiger partial charge in [0.1, 0.15) is 23.0 Å². The Hall–Kier alpha value is -2.79. The number of para-hydroxylation sites is 1. The van der Waals surface area contributed by atoms with E-state index in [0.29, 0.717) is 28.7 Å². The Morgan fingerprint density at radius 3 is 2.58 bits per heavy atom. The number of carbonyl (C=O) groups excluding carboxylic acids is 1. The minimum Gasteiger partial charge on any atom is -0.496 e. The first-order valence-electron chi connectivity index (χ1n) is 8.16. The lowest BCUT2D eigenvalue weighted by molar-refractivity contribution is -0.115. The van der Waals surface area contributed by atoms with Crippen LogP contribution in [0.4, 0.5) is 0 Å². The number of benzene rings is 2. The van der Waals surface area contributed by atoms with Gasteiger partial charge in [0.25, 0.3) is 5.91 Å². The molecule has 0 bridgehead atoms. The van der Waals surface area contributed by atoms with E-state index in [0.717, 1.165) is 23.3 Å². The van der Waals surface area contributed by atoms with Crippen LogP contribution in [0.2, 0.25) is 5.02 Å². The molecule has 1 aliphatic heterocycles. The SMILES string of the molecule is COc1ccc(/C=C2/N=C(CCc3ccccc3OC)NC2=O)cc1Cl. The Labute approximate surface area is 157 Å². The maximum Gasteiger partial charge on any atom is 0.275 e. The summed E-state index contributed by atoms with van der Waals surface area (Å²) in [5, 5.41) is 3.30. The molecule has 0 atom stereocenters. The highest BCUT2D eigenvalue weighted by Gasteiger charge is 2.20. The lowest BCUT2D eigenvalue weighted by atomic mass is 10.1. The summed E-state index contributed by atoms with van der Waals surface area (Å²) in [5.41, 5.74) is 2.23. The molecule has 2 aromatic carbocycles. The zero-order valence-electron chi connectivity index (χ0n) is 14.6. The molecule has 0 aromatic heterocycles. The van der Waals surface area contributed by atoms with E-state index in [9.17, 15) is 4.79 Å². The second-order valence-electron chi connectivity index (χ2n) is 5.75. The van der Waals surface area contributed by atoms with Crippen LogP contribution < -0.4 is 14.8 Å². The summed E-state index contributed by atoms with van der Waals surface area (Å²) >= 11 is 6.12. The van der Waals surface area contributed by atoms with E-state index in [1.807, 2.05) is 30.3 Å². The second-order valence-corrected chi connectivity index (χ2v) is 6.16. The topological polar surface area (TPSA) is 59.9 Å². The van der Waals surface area contributed by atoms with Gasteiger partial charge in [-0.15, -0.1) is 0 Å². The quantitative estimate of drug-likeness (QED) is 0.785. The van der Waals surface area contributed by atoms with Gasteiger partial charge >= 0.3 is 0 Å². The molecule has 0 saturated heterocycles. The van der Waals surface area contributed by atoms with Crippen LogP contribution in [0.5, 0.6) is 11.5 Å². The van der Waals surface area contributed by atoms with Crippen LogP contribution in [0.15, 0.2) is 53.2 Å². The average molecular weight is 371 g/mol. The monoisotopic (exact) mass is 370 g/mol. The minimum atomic E-state index is -0.216. The molecule has 6 heteroatoms. The fraction of sp³-hybridized carbons (Fsp3) is 0.200. The van der Waals surface area contributed by atoms with Crippen LogP contribution in [-0.2, 0) is 11.2 Å². The predicted octanol–water partition coefficient (Wildman–Crippen LogP) is 3.86. The molecule has 0 fully saturated rings. The molecule has 0 unspecified atom stereocenters. The first-order valence-corrected chi connectivity index (χ1v) is 8.54. The fourth-order valence-electron chi connectivity index (χ4n) is 2.73. The first kappa shape index (κ1) is 18.0. The van der Waals surface area contributed by atoms with E-state index in [2.05, 4.69) is 10.3 Å². The summed E-state index contributed by atoms with van der Waals surface area (Å²) in [6.07, 6.45) is 3.05. The number of hydrogen-bond donors (Lipinski definition) is 1. The van der Waals surface area contributed by atoms with E-state index in [1.165, 1.54) is 0 Å². The number of ether oxygens (including phenoxy) is 2. The summed E-state index contributed by atoms with van der Waals surface area (Å²) in [6.45, 7) is 0. The number of carbonyl (C=O) groups is 1. The zero-order valence-corrected chi connectivity index (χ0v) is 15.3. The van der Waals surface area contributed by atoms with Crippen molar-refractivity contribution in [3.63, 3.8) is 0 Å². The summed E-state index contributed by atoms with van der Waals surface area (Å²) < 4.78 is 10.5. The summed E-state index contributed by atoms with van der Waals surface area (Å²) in [6, 6.07) is 13.1. The van der Waals surface area contributed by atoms with Crippen LogP contribution in [-0.4, -0.2) is 26.0 Å². The number of hydrogen-bond acceptors (Lipinski definition) is 4. The predicted molar refractivity (Wildman–Crippen MR) is 103 cm³/mol. The van der Waals surface area contributed by atoms with E-state index in [4.69, 9.17) is 21.1 Å². The number of rotatable bonds is 6. The zero-order chi connectivity index (χ0) is 18.5. The molecule has 0 aliphatic carbocycles. The molecule has 0 saturated carbocycles. The highest BCUT2D eigenvalue weighted by atomic mass is 35.5. The molecule has 1 amide bonds. The van der Waals surface area contributed by atoms with Gasteiger partial charge in [-0.25, -0.2) is 4.99 Å². The Morgan fingerprint density at radius 1 is 1.08 bits per heavy atom. The Balaban J connectivity index is 1.73. The van der Waals surface area contributed by atoms with Gasteiger partial charge in [-0.3, -0.25) is 4.79 Å². The number of nitrogens with one attached hydrogen (secondary N) is 1. The van der Waals surface area contributed by atoms with Gasteiger partial charge in [0, 0.05) is 6.42 Å². The molecule has 1 heterocycles. The Morgan fingerprint density at radius 2 is 1.85 bits per heavy atom. The molecule has 1 N–H and O–H groups in total. The second kappa shape index (κ2) is 8.06. The van der Waals surface area contributed by atoms with Gasteiger partial charge < -0.3 is 14.8 Å². The summed E-state index contributed by atoms with van der Waals surface area (Å²) in [4.78, 5) is 16.6. The molecule has 134 valence electrons. The number of aliphatic imine (C=N–C) groups is 1. The maximum absolute atomic E-state index is 12.2. The standard InChI is InChI=1S/C20H19ClN2O3/c1-25-17-6-4-3-5-14(17)8-10-19-22-16(20(24)23-19)12-13-7-9-18(26-2)15(21)11-13/h3-7,9,11-12H,8,10H2,1-2H3,(H,22,23,24)/b16-12+. The molecule has 3 rings (SSSR count). The van der Waals surface area contributed by atoms with Crippen molar-refractivity contribution in [2.45, 2.75) is 12.8 Å². The van der Waals surface area contributed by atoms with Crippen molar-refractivity contribution in [2.24, 2.45) is 4.99 Å². The molecule has 0 radical (unpaired) electrons. The third-order valence-corrected chi connectivity index (χ3v) is 4.34. The largest absolute Gasteiger partial charge is 0.496 e. The normalized spacial score (nSPS) is 15.0. The lowest BCUT2D eigenvalue weighted by Crippen LogP contribution is -2.24. The number of amides is 1. The van der Waals surface area contributed by atoms with Crippen molar-refractivity contribution in [1.82, 2.24) is 5.32 Å². The van der Waals surface area contributed by atoms with Crippen molar-refractivity contribution in [2.75, 3.05) is 14.2 Å². The van der Waals surface area contributed by atoms with E-state index in [-0.39, 0.29) is 5.91 Å². The van der Waals surface area contributed by atoms with Gasteiger partial charge in [-0.1, -0.05) is 35.9 Å². The minimum absolute atomic E-state index is 0.216. The fourth-order valence-corrected chi connectivity index (χ4v) is 2.99. The third-order valence-electron chi connectivity index (χ3n) is 4.05. The maximum atomic E-state index is 12.2. The third kappa shape index (κ3) is 4.06. The smallest absolute Gasteiger partial charge is 0.275 e. The van der Waals surface area contributed by atoms with Gasteiger partial charge in [0.05, 0.1) is 19.2 Å². The van der Waals surface area contributed by atoms with Crippen molar-refractivity contribution < 1.29 is 14.3 Å². The Bertz CT molecular complexity index is 890. The van der Waals surface area contributed by atoms with Crippen LogP contribution >= 0.6 is 11.6 Å². The van der Waals surface area contributed by atoms with Crippen LogP contribution in [0.25, 0.3) is 6.08 Å². The van der Waals surface area contributed by atoms with Crippen molar-refractivity contribution in [3.05, 3.63) is 64.3 Å². The van der Waals surface area contributed by atoms with E-state index >= 15 is 0 Å². The van der Waals surface area contributed by atoms with Crippen LogP contribution in [0, 0.1) is 0 Å². The molecular formula is C20H19ClN2O3. The Kier molecular flexibility index (Phi) is 5.58. The number of nitrogens with zero attached hydrogens (tertiary/aromatic N) is 1. The first-order chi connectivity index (χ1) is 12.6. The van der Waals surface area contributed by atoms with Gasteiger partial charge in [0.15, 0.2) is 0 Å². The summed E-state index contributed by atoms with van der Waals surface area (Å²) in [5.74, 6) is 1.85. The average Bonchev–Trinajstić information content (AvgIpc) is 3.00. The molecule has 1 aliphatic rings. The lowest BCUT2D eigenvalue weighted by Gasteiger charge is -2.07. The van der Waals surface area contributed by atoms with Crippen molar-refractivity contribution >= 4 is 29.4 Å². The van der Waals surface area contributed by atoms with Crippen LogP contribution in [0.3, 0.4) is 0 Å². The van der Waals surface area contributed by atoms with Gasteiger partial charge in [0.2, 0.25) is 0 Å². The molecular weight excluding hydrogens is 352 g/mol. The van der Waals surface area contributed by atoms with Crippen molar-refractivity contribution in [3.8, 4) is 11.5 Å². The molecule has 5 nitrogen and oxygen atoms in total. The highest BCUT2D eigenvalue weighted by Crippen LogP contribution is 2.26. The van der Waals surface area contributed by atoms with E-state index < -0.39 is 0 Å². The number of methoxy groups -OCH3 is 2. The molecule has 0 spiro atoms. The van der Waals surface area contributed by atoms with Crippen LogP contribution in [0.1, 0.15) is 17.5 Å². The number of amidine groups is 1. The number of aryl methyl sites for hydroxylation is 1. The summed E-state index contributed by atoms with van der Waals surface area (Å²) in [7, 11) is 3.20. The molecule has 2 aromatic rings. The highest BCUT2D eigenvalue weighted by molar-refractivity contribution is 6.32.